The summed E-state index contributed by atoms with van der Waals surface area (Å²) in [5.41, 5.74) is 2.06. The molecule has 0 amide bonds. The largest absolute Gasteiger partial charge is 0.494 e. The highest BCUT2D eigenvalue weighted by Crippen LogP contribution is 2.31. The zero-order valence-corrected chi connectivity index (χ0v) is 12.8. The summed E-state index contributed by atoms with van der Waals surface area (Å²) in [4.78, 5) is 17.2. The van der Waals surface area contributed by atoms with E-state index in [0.717, 1.165) is 23.0 Å². The van der Waals surface area contributed by atoms with Gasteiger partial charge >= 0.3 is 0 Å². The van der Waals surface area contributed by atoms with Crippen molar-refractivity contribution in [3.63, 3.8) is 0 Å². The SMILES string of the molecule is CCc1ccc2c(C(=O)C(C)(C)C)ccc(OC)c2n1. The molecule has 0 aliphatic carbocycles. The van der Waals surface area contributed by atoms with Gasteiger partial charge < -0.3 is 4.74 Å². The van der Waals surface area contributed by atoms with Crippen LogP contribution in [-0.4, -0.2) is 17.9 Å². The Morgan fingerprint density at radius 2 is 1.90 bits per heavy atom. The zero-order valence-electron chi connectivity index (χ0n) is 12.8. The molecule has 3 heteroatoms. The van der Waals surface area contributed by atoms with Gasteiger partial charge in [0.05, 0.1) is 7.11 Å². The topological polar surface area (TPSA) is 39.2 Å². The number of fused-ring (bicyclic) bond motifs is 1. The lowest BCUT2D eigenvalue weighted by atomic mass is 9.85. The van der Waals surface area contributed by atoms with E-state index in [1.54, 1.807) is 7.11 Å². The van der Waals surface area contributed by atoms with Crippen molar-refractivity contribution in [1.29, 1.82) is 0 Å². The third-order valence-corrected chi connectivity index (χ3v) is 3.39. The first-order valence-corrected chi connectivity index (χ1v) is 6.90. The summed E-state index contributed by atoms with van der Waals surface area (Å²) in [6.45, 7) is 7.85. The van der Waals surface area contributed by atoms with E-state index >= 15 is 0 Å². The normalized spacial score (nSPS) is 11.7. The predicted octanol–water partition coefficient (Wildman–Crippen LogP) is 4.03. The third-order valence-electron chi connectivity index (χ3n) is 3.39. The van der Waals surface area contributed by atoms with Crippen LogP contribution in [0.2, 0.25) is 0 Å². The van der Waals surface area contributed by atoms with Crippen LogP contribution in [-0.2, 0) is 6.42 Å². The molecule has 2 aromatic rings. The lowest BCUT2D eigenvalue weighted by molar-refractivity contribution is 0.0860. The molecule has 0 atom stereocenters. The Morgan fingerprint density at radius 1 is 1.20 bits per heavy atom. The number of carbonyl (C=O) groups excluding carboxylic acids is 1. The van der Waals surface area contributed by atoms with Crippen molar-refractivity contribution in [1.82, 2.24) is 4.98 Å². The lowest BCUT2D eigenvalue weighted by Crippen LogP contribution is -2.20. The van der Waals surface area contributed by atoms with Crippen LogP contribution >= 0.6 is 0 Å². The first kappa shape index (κ1) is 14.5. The number of ketones is 1. The van der Waals surface area contributed by atoms with E-state index in [9.17, 15) is 4.79 Å². The van der Waals surface area contributed by atoms with Gasteiger partial charge in [-0.25, -0.2) is 4.98 Å². The molecule has 0 radical (unpaired) electrons. The second-order valence-corrected chi connectivity index (χ2v) is 5.95. The molecule has 20 heavy (non-hydrogen) atoms. The molecule has 0 aliphatic heterocycles. The van der Waals surface area contributed by atoms with E-state index in [-0.39, 0.29) is 5.78 Å². The van der Waals surface area contributed by atoms with Gasteiger partial charge in [0.25, 0.3) is 0 Å². The third kappa shape index (κ3) is 2.53. The number of nitrogens with zero attached hydrogens (tertiary/aromatic N) is 1. The Labute approximate surface area is 120 Å². The maximum atomic E-state index is 12.6. The first-order valence-electron chi connectivity index (χ1n) is 6.90. The molecule has 3 nitrogen and oxygen atoms in total. The molecule has 2 rings (SSSR count). The predicted molar refractivity (Wildman–Crippen MR) is 81.5 cm³/mol. The van der Waals surface area contributed by atoms with E-state index in [4.69, 9.17) is 4.74 Å². The summed E-state index contributed by atoms with van der Waals surface area (Å²) in [6.07, 6.45) is 0.858. The van der Waals surface area contributed by atoms with Crippen molar-refractivity contribution >= 4 is 16.7 Å². The maximum absolute atomic E-state index is 12.6. The number of aryl methyl sites for hydroxylation is 1. The number of hydrogen-bond acceptors (Lipinski definition) is 3. The van der Waals surface area contributed by atoms with Crippen LogP contribution in [0.4, 0.5) is 0 Å². The fourth-order valence-electron chi connectivity index (χ4n) is 2.20. The zero-order chi connectivity index (χ0) is 14.9. The van der Waals surface area contributed by atoms with Gasteiger partial charge in [-0.05, 0) is 24.6 Å². The minimum atomic E-state index is -0.412. The monoisotopic (exact) mass is 271 g/mol. The van der Waals surface area contributed by atoms with Gasteiger partial charge in [0.15, 0.2) is 5.78 Å². The fourth-order valence-corrected chi connectivity index (χ4v) is 2.20. The molecule has 1 aromatic carbocycles. The molecule has 0 saturated carbocycles. The van der Waals surface area contributed by atoms with Gasteiger partial charge in [0, 0.05) is 22.1 Å². The van der Waals surface area contributed by atoms with Crippen molar-refractivity contribution in [2.24, 2.45) is 5.41 Å². The molecule has 106 valence electrons. The number of benzene rings is 1. The van der Waals surface area contributed by atoms with E-state index < -0.39 is 5.41 Å². The minimum Gasteiger partial charge on any atom is -0.494 e. The average Bonchev–Trinajstić information content (AvgIpc) is 2.43. The van der Waals surface area contributed by atoms with E-state index in [2.05, 4.69) is 11.9 Å². The van der Waals surface area contributed by atoms with Crippen molar-refractivity contribution < 1.29 is 9.53 Å². The fraction of sp³-hybridized carbons (Fsp3) is 0.412. The van der Waals surface area contributed by atoms with E-state index in [1.807, 2.05) is 45.0 Å². The number of methoxy groups -OCH3 is 1. The highest BCUT2D eigenvalue weighted by atomic mass is 16.5. The molecule has 0 fully saturated rings. The van der Waals surface area contributed by atoms with Crippen LogP contribution in [0.5, 0.6) is 5.75 Å². The summed E-state index contributed by atoms with van der Waals surface area (Å²) in [6, 6.07) is 7.61. The summed E-state index contributed by atoms with van der Waals surface area (Å²) < 4.78 is 5.37. The molecule has 0 saturated heterocycles. The van der Waals surface area contributed by atoms with Crippen LogP contribution in [0.15, 0.2) is 24.3 Å². The standard InChI is InChI=1S/C17H21NO2/c1-6-11-7-8-12-13(16(19)17(2,3)4)9-10-14(20-5)15(12)18-11/h7-10H,6H2,1-5H3. The summed E-state index contributed by atoms with van der Waals surface area (Å²) >= 11 is 0. The van der Waals surface area contributed by atoms with Crippen LogP contribution in [0.1, 0.15) is 43.7 Å². The molecule has 0 bridgehead atoms. The molecular formula is C17H21NO2. The van der Waals surface area contributed by atoms with Gasteiger partial charge in [0.1, 0.15) is 11.3 Å². The number of hydrogen-bond donors (Lipinski definition) is 0. The molecule has 0 aliphatic rings. The number of rotatable bonds is 3. The summed E-state index contributed by atoms with van der Waals surface area (Å²) in [5, 5.41) is 0.862. The Bertz CT molecular complexity index is 654. The first-order chi connectivity index (χ1) is 9.38. The van der Waals surface area contributed by atoms with Crippen molar-refractivity contribution in [3.05, 3.63) is 35.5 Å². The summed E-state index contributed by atoms with van der Waals surface area (Å²) in [5.74, 6) is 0.831. The van der Waals surface area contributed by atoms with Crippen molar-refractivity contribution in [3.8, 4) is 5.75 Å². The molecular weight excluding hydrogens is 250 g/mol. The Balaban J connectivity index is 2.73. The van der Waals surface area contributed by atoms with Crippen LogP contribution in [0.25, 0.3) is 10.9 Å². The summed E-state index contributed by atoms with van der Waals surface area (Å²) in [7, 11) is 1.63. The molecule has 0 unspecified atom stereocenters. The number of pyridine rings is 1. The van der Waals surface area contributed by atoms with Gasteiger partial charge in [-0.1, -0.05) is 33.8 Å². The molecule has 0 spiro atoms. The second kappa shape index (κ2) is 5.23. The van der Waals surface area contributed by atoms with E-state index in [0.29, 0.717) is 11.3 Å². The number of aromatic nitrogens is 1. The van der Waals surface area contributed by atoms with Crippen molar-refractivity contribution in [2.45, 2.75) is 34.1 Å². The second-order valence-electron chi connectivity index (χ2n) is 5.95. The average molecular weight is 271 g/mol. The molecule has 1 heterocycles. The van der Waals surface area contributed by atoms with Gasteiger partial charge in [0.2, 0.25) is 0 Å². The Hall–Kier alpha value is -1.90. The van der Waals surface area contributed by atoms with Crippen LogP contribution in [0.3, 0.4) is 0 Å². The van der Waals surface area contributed by atoms with Crippen LogP contribution in [0, 0.1) is 5.41 Å². The van der Waals surface area contributed by atoms with Gasteiger partial charge in [-0.3, -0.25) is 4.79 Å². The number of Topliss-reactive ketones (excluding diaryl/α,β-unsaturated/α-hetero) is 1. The Morgan fingerprint density at radius 3 is 2.45 bits per heavy atom. The number of carbonyl (C=O) groups is 1. The smallest absolute Gasteiger partial charge is 0.168 e. The van der Waals surface area contributed by atoms with Crippen molar-refractivity contribution in [2.75, 3.05) is 7.11 Å². The van der Waals surface area contributed by atoms with Gasteiger partial charge in [-0.15, -0.1) is 0 Å². The quantitative estimate of drug-likeness (QED) is 0.791. The number of ether oxygens (including phenoxy) is 1. The lowest BCUT2D eigenvalue weighted by Gasteiger charge is -2.18. The maximum Gasteiger partial charge on any atom is 0.168 e. The van der Waals surface area contributed by atoms with Gasteiger partial charge in [-0.2, -0.15) is 0 Å². The van der Waals surface area contributed by atoms with E-state index in [1.165, 1.54) is 0 Å². The molecule has 0 N–H and O–H groups in total. The minimum absolute atomic E-state index is 0.121. The highest BCUT2D eigenvalue weighted by molar-refractivity contribution is 6.10. The molecule has 1 aromatic heterocycles. The van der Waals surface area contributed by atoms with Crippen LogP contribution < -0.4 is 4.74 Å². The highest BCUT2D eigenvalue weighted by Gasteiger charge is 2.25. The Kier molecular flexibility index (Phi) is 3.80.